The molecule has 3 rings (SSSR count). The molecule has 2 heterocycles. The zero-order chi connectivity index (χ0) is 20.7. The summed E-state index contributed by atoms with van der Waals surface area (Å²) in [5.41, 5.74) is 6.24. The van der Waals surface area contributed by atoms with Gasteiger partial charge < -0.3 is 24.1 Å². The van der Waals surface area contributed by atoms with E-state index in [2.05, 4.69) is 21.9 Å². The lowest BCUT2D eigenvalue weighted by Crippen LogP contribution is -2.26. The molecule has 0 aromatic carbocycles. The van der Waals surface area contributed by atoms with Crippen LogP contribution in [0.3, 0.4) is 0 Å². The summed E-state index contributed by atoms with van der Waals surface area (Å²) < 4.78 is 32.2. The molecule has 1 aliphatic carbocycles. The smallest absolute Gasteiger partial charge is 0.356 e. The maximum atomic E-state index is 13.1. The fraction of sp³-hybridized carbons (Fsp3) is 0.706. The molecule has 156 valence electrons. The average molecular weight is 432 g/mol. The fourth-order valence-electron chi connectivity index (χ4n) is 3.19. The van der Waals surface area contributed by atoms with Gasteiger partial charge in [0.15, 0.2) is 10.8 Å². The monoisotopic (exact) mass is 431 g/mol. The molecule has 1 fully saturated rings. The van der Waals surface area contributed by atoms with Gasteiger partial charge >= 0.3 is 7.60 Å². The van der Waals surface area contributed by atoms with Crippen LogP contribution in [0.5, 0.6) is 0 Å². The van der Waals surface area contributed by atoms with Gasteiger partial charge in [-0.1, -0.05) is 18.5 Å². The first-order valence-corrected chi connectivity index (χ1v) is 11.4. The van der Waals surface area contributed by atoms with Crippen LogP contribution in [0, 0.1) is 5.92 Å². The molecule has 1 saturated carbocycles. The summed E-state index contributed by atoms with van der Waals surface area (Å²) in [5.74, 6) is 0.351. The van der Waals surface area contributed by atoms with Crippen molar-refractivity contribution in [2.24, 2.45) is 5.92 Å². The minimum atomic E-state index is -3.38. The molecular weight excluding hydrogens is 405 g/mol. The number of ether oxygens (including phenoxy) is 1. The minimum Gasteiger partial charge on any atom is -0.368 e. The first-order chi connectivity index (χ1) is 13.0. The third-order valence-corrected chi connectivity index (χ3v) is 6.71. The highest BCUT2D eigenvalue weighted by molar-refractivity contribution is 7.53. The van der Waals surface area contributed by atoms with Crippen molar-refractivity contribution >= 4 is 36.3 Å². The highest BCUT2D eigenvalue weighted by atomic mass is 35.5. The Morgan fingerprint density at radius 3 is 2.46 bits per heavy atom. The average Bonchev–Trinajstić information content (AvgIpc) is 2.99. The van der Waals surface area contributed by atoms with Crippen molar-refractivity contribution in [2.45, 2.75) is 65.4 Å². The number of halogens is 1. The molecule has 2 aromatic heterocycles. The number of rotatable bonds is 9. The molecule has 0 saturated heterocycles. The van der Waals surface area contributed by atoms with Gasteiger partial charge in [-0.05, 0) is 40.0 Å². The number of fused-ring (bicyclic) bond motifs is 1. The standard InChI is InChI=1S/C17H27ClN5O4P/c1-10(2)26-28(24,27-11(3)4)9-25-17(6-12(17)5)7-23-8-20-13-14(18)21-16(19)22-15(13)23/h8,10-12H,6-7,9H2,1-5H3,(H2,19,21,22)/t12-,17-/m0/s1. The molecule has 2 N–H and O–H groups in total. The molecule has 0 bridgehead atoms. The number of aromatic nitrogens is 4. The van der Waals surface area contributed by atoms with Crippen molar-refractivity contribution in [3.8, 4) is 0 Å². The number of hydrogen-bond acceptors (Lipinski definition) is 8. The van der Waals surface area contributed by atoms with E-state index in [0.29, 0.717) is 17.7 Å². The van der Waals surface area contributed by atoms with E-state index < -0.39 is 13.2 Å². The molecule has 1 aliphatic rings. The number of hydrogen-bond donors (Lipinski definition) is 1. The van der Waals surface area contributed by atoms with Gasteiger partial charge in [-0.15, -0.1) is 0 Å². The van der Waals surface area contributed by atoms with Crippen molar-refractivity contribution in [3.05, 3.63) is 11.5 Å². The molecule has 2 aromatic rings. The molecule has 28 heavy (non-hydrogen) atoms. The molecule has 11 heteroatoms. The second kappa shape index (κ2) is 7.88. The number of anilines is 1. The van der Waals surface area contributed by atoms with E-state index in [-0.39, 0.29) is 35.6 Å². The summed E-state index contributed by atoms with van der Waals surface area (Å²) in [4.78, 5) is 12.4. The predicted octanol–water partition coefficient (Wildman–Crippen LogP) is 3.86. The van der Waals surface area contributed by atoms with Crippen LogP contribution >= 0.6 is 19.2 Å². The molecule has 0 unspecified atom stereocenters. The van der Waals surface area contributed by atoms with Gasteiger partial charge in [0.2, 0.25) is 5.95 Å². The third kappa shape index (κ3) is 4.66. The van der Waals surface area contributed by atoms with Crippen LogP contribution in [-0.4, -0.2) is 43.7 Å². The van der Waals surface area contributed by atoms with Crippen molar-refractivity contribution in [3.63, 3.8) is 0 Å². The van der Waals surface area contributed by atoms with Crippen LogP contribution < -0.4 is 5.73 Å². The molecule has 2 atom stereocenters. The van der Waals surface area contributed by atoms with Crippen LogP contribution in [0.2, 0.25) is 5.15 Å². The quantitative estimate of drug-likeness (QED) is 0.470. The SMILES string of the molecule is CC(C)OP(=O)(CO[C@]1(Cn2cnc3c(Cl)nc(N)nc32)C[C@@H]1C)OC(C)C. The van der Waals surface area contributed by atoms with Crippen LogP contribution in [-0.2, 0) is 24.9 Å². The van der Waals surface area contributed by atoms with E-state index in [1.165, 1.54) is 0 Å². The van der Waals surface area contributed by atoms with E-state index in [1.807, 2.05) is 32.3 Å². The highest BCUT2D eigenvalue weighted by Gasteiger charge is 2.54. The number of imidazole rings is 1. The van der Waals surface area contributed by atoms with Gasteiger partial charge in [0.05, 0.1) is 30.7 Å². The zero-order valence-corrected chi connectivity index (χ0v) is 18.4. The number of nitrogens with zero attached hydrogens (tertiary/aromatic N) is 4. The van der Waals surface area contributed by atoms with E-state index >= 15 is 0 Å². The summed E-state index contributed by atoms with van der Waals surface area (Å²) in [7, 11) is -3.38. The van der Waals surface area contributed by atoms with E-state index in [1.54, 1.807) is 6.33 Å². The van der Waals surface area contributed by atoms with Gasteiger partial charge in [-0.25, -0.2) is 4.98 Å². The van der Waals surface area contributed by atoms with Gasteiger partial charge in [-0.3, -0.25) is 4.57 Å². The summed E-state index contributed by atoms with van der Waals surface area (Å²) in [6.45, 7) is 9.82. The second-order valence-corrected chi connectivity index (χ2v) is 10.0. The minimum absolute atomic E-state index is 0.0817. The summed E-state index contributed by atoms with van der Waals surface area (Å²) in [5, 5.41) is 0.209. The lowest BCUT2D eigenvalue weighted by atomic mass is 10.2. The van der Waals surface area contributed by atoms with Crippen LogP contribution in [0.1, 0.15) is 41.0 Å². The van der Waals surface area contributed by atoms with E-state index in [4.69, 9.17) is 31.1 Å². The van der Waals surface area contributed by atoms with E-state index in [0.717, 1.165) is 6.42 Å². The maximum absolute atomic E-state index is 13.1. The Bertz CT molecular complexity index is 891. The molecule has 0 radical (unpaired) electrons. The van der Waals surface area contributed by atoms with Crippen molar-refractivity contribution < 1.29 is 18.3 Å². The molecule has 0 amide bonds. The predicted molar refractivity (Wildman–Crippen MR) is 107 cm³/mol. The zero-order valence-electron chi connectivity index (χ0n) is 16.8. The first-order valence-electron chi connectivity index (χ1n) is 9.27. The largest absolute Gasteiger partial charge is 0.368 e. The molecule has 0 spiro atoms. The van der Waals surface area contributed by atoms with Crippen molar-refractivity contribution in [1.29, 1.82) is 0 Å². The molecule has 0 aliphatic heterocycles. The molecular formula is C17H27ClN5O4P. The Kier molecular flexibility index (Phi) is 6.04. The Morgan fingerprint density at radius 1 is 1.32 bits per heavy atom. The Hall–Kier alpha value is -1.25. The van der Waals surface area contributed by atoms with Gasteiger partial charge in [0.1, 0.15) is 11.9 Å². The normalized spacial score (nSPS) is 22.5. The highest BCUT2D eigenvalue weighted by Crippen LogP contribution is 2.55. The summed E-state index contributed by atoms with van der Waals surface area (Å²) in [6, 6.07) is 0. The Labute approximate surface area is 169 Å². The third-order valence-electron chi connectivity index (χ3n) is 4.52. The Morgan fingerprint density at radius 2 is 1.93 bits per heavy atom. The van der Waals surface area contributed by atoms with Crippen molar-refractivity contribution in [2.75, 3.05) is 12.1 Å². The fourth-order valence-corrected chi connectivity index (χ4v) is 5.28. The number of nitrogen functional groups attached to an aromatic ring is 1. The van der Waals surface area contributed by atoms with Gasteiger partial charge in [-0.2, -0.15) is 9.97 Å². The van der Waals surface area contributed by atoms with Gasteiger partial charge in [0, 0.05) is 0 Å². The Balaban J connectivity index is 1.78. The molecule has 9 nitrogen and oxygen atoms in total. The van der Waals surface area contributed by atoms with E-state index in [9.17, 15) is 4.57 Å². The van der Waals surface area contributed by atoms with Crippen LogP contribution in [0.4, 0.5) is 5.95 Å². The number of nitrogens with two attached hydrogens (primary N) is 1. The first kappa shape index (κ1) is 21.5. The van der Waals surface area contributed by atoms with Crippen molar-refractivity contribution in [1.82, 2.24) is 19.5 Å². The topological polar surface area (TPSA) is 114 Å². The lowest BCUT2D eigenvalue weighted by molar-refractivity contribution is 0.0185. The van der Waals surface area contributed by atoms with Gasteiger partial charge in [0.25, 0.3) is 0 Å². The second-order valence-electron chi connectivity index (χ2n) is 7.78. The van der Waals surface area contributed by atoms with Crippen LogP contribution in [0.25, 0.3) is 11.2 Å². The summed E-state index contributed by atoms with van der Waals surface area (Å²) >= 11 is 6.10. The maximum Gasteiger partial charge on any atom is 0.356 e. The summed E-state index contributed by atoms with van der Waals surface area (Å²) in [6.07, 6.45) is 1.86. The lowest BCUT2D eigenvalue weighted by Gasteiger charge is -2.26. The van der Waals surface area contributed by atoms with Crippen LogP contribution in [0.15, 0.2) is 6.33 Å².